The molecule has 0 amide bonds. The van der Waals surface area contributed by atoms with E-state index in [2.05, 4.69) is 0 Å². The zero-order valence-electron chi connectivity index (χ0n) is 16.7. The van der Waals surface area contributed by atoms with Crippen molar-refractivity contribution < 1.29 is 69.3 Å². The fourth-order valence-corrected chi connectivity index (χ4v) is 1.76. The predicted molar refractivity (Wildman–Crippen MR) is 87.2 cm³/mol. The molecule has 0 unspecified atom stereocenters. The maximum atomic E-state index is 10.5. The molecule has 0 saturated carbocycles. The molecule has 0 atom stereocenters. The Balaban J connectivity index is 0. The summed E-state index contributed by atoms with van der Waals surface area (Å²) in [6.45, 7) is 0. The van der Waals surface area contributed by atoms with E-state index in [1.807, 2.05) is 0 Å². The van der Waals surface area contributed by atoms with Crippen LogP contribution < -0.4 is 35.7 Å². The summed E-state index contributed by atoms with van der Waals surface area (Å²) in [6, 6.07) is 2.37. The average Bonchev–Trinajstić information content (AvgIpc) is 2.69. The lowest BCUT2D eigenvalue weighted by molar-refractivity contribution is -0.315. The number of carboxylic acid groups (broad SMARTS) is 7. The molecule has 0 saturated heterocycles. The van der Waals surface area contributed by atoms with Crippen LogP contribution in [-0.2, 0) is 19.2 Å². The maximum absolute atomic E-state index is 10.5. The van der Waals surface area contributed by atoms with Crippen molar-refractivity contribution in [3.63, 3.8) is 0 Å². The highest BCUT2D eigenvalue weighted by molar-refractivity contribution is 6.02. The van der Waals surface area contributed by atoms with Crippen LogP contribution in [0.15, 0.2) is 18.2 Å². The van der Waals surface area contributed by atoms with E-state index in [0.29, 0.717) is 18.9 Å². The summed E-state index contributed by atoms with van der Waals surface area (Å²) in [7, 11) is 0. The van der Waals surface area contributed by atoms with Gasteiger partial charge in [0.05, 0.1) is 17.9 Å². The minimum absolute atomic E-state index is 0.0761. The summed E-state index contributed by atoms with van der Waals surface area (Å²) >= 11 is 0. The molecule has 0 fully saturated rings. The number of hydrogen-bond acceptors (Lipinski definition) is 14. The van der Waals surface area contributed by atoms with Crippen LogP contribution >= 0.6 is 0 Å². The first-order valence-corrected chi connectivity index (χ1v) is 8.76. The first kappa shape index (κ1) is 30.7. The Labute approximate surface area is 185 Å². The van der Waals surface area contributed by atoms with Crippen molar-refractivity contribution in [2.75, 3.05) is 0 Å². The Hall–Kier alpha value is -4.49. The van der Waals surface area contributed by atoms with Crippen LogP contribution in [0, 0.1) is 0 Å². The highest BCUT2D eigenvalue weighted by Gasteiger charge is 2.06. The molecule has 0 aliphatic carbocycles. The molecule has 1 rings (SSSR count). The van der Waals surface area contributed by atoms with E-state index in [9.17, 15) is 69.3 Å². The van der Waals surface area contributed by atoms with Crippen LogP contribution in [0.25, 0.3) is 0 Å². The lowest BCUT2D eigenvalue weighted by Crippen LogP contribution is -2.31. The van der Waals surface area contributed by atoms with E-state index >= 15 is 0 Å². The van der Waals surface area contributed by atoms with Crippen molar-refractivity contribution >= 4 is 41.8 Å². The quantitative estimate of drug-likeness (QED) is 0.273. The summed E-state index contributed by atoms with van der Waals surface area (Å²) in [5.41, 5.74) is -1.84. The van der Waals surface area contributed by atoms with Gasteiger partial charge in [0, 0.05) is 35.0 Å². The van der Waals surface area contributed by atoms with Crippen LogP contribution in [0.3, 0.4) is 0 Å². The second-order valence-corrected chi connectivity index (χ2v) is 5.82. The van der Waals surface area contributed by atoms with Gasteiger partial charge < -0.3 is 69.3 Å². The number of carboxylic acids is 7. The van der Waals surface area contributed by atoms with Crippen molar-refractivity contribution in [1.82, 2.24) is 0 Å². The molecule has 0 aliphatic heterocycles. The van der Waals surface area contributed by atoms with Crippen molar-refractivity contribution in [3.8, 4) is 0 Å². The number of aromatic carboxylic acids is 3. The molecule has 182 valence electrons. The average molecular weight is 467 g/mol. The number of benzene rings is 1. The summed E-state index contributed by atoms with van der Waals surface area (Å²) in [5, 5.41) is 69.8. The topological polar surface area (TPSA) is 281 Å². The van der Waals surface area contributed by atoms with Crippen LogP contribution in [-0.4, -0.2) is 41.8 Å². The van der Waals surface area contributed by atoms with E-state index in [4.69, 9.17) is 0 Å². The Morgan fingerprint density at radius 2 is 0.848 bits per heavy atom. The number of carbonyl (C=O) groups excluding carboxylic acids is 7. The van der Waals surface area contributed by atoms with E-state index in [-0.39, 0.29) is 12.8 Å². The molecule has 0 spiro atoms. The highest BCUT2D eigenvalue weighted by Crippen LogP contribution is 2.10. The Morgan fingerprint density at radius 3 is 1.12 bits per heavy atom. The largest absolute Gasteiger partial charge is 0.550 e. The van der Waals surface area contributed by atoms with Gasteiger partial charge in [-0.3, -0.25) is 0 Å². The zero-order valence-corrected chi connectivity index (χ0v) is 16.7. The first-order chi connectivity index (χ1) is 15.2. The summed E-state index contributed by atoms with van der Waals surface area (Å²) < 4.78 is 0. The SMILES string of the molecule is O=C([O-])CCC(=O)[O-].O=C([O-])CCCCC(=O)[O-].O=C([O-])c1ccc(C(=O)[O-])c(C(=O)[O-])c1. The molecule has 1 aromatic rings. The minimum atomic E-state index is -1.79. The maximum Gasteiger partial charge on any atom is 0.0722 e. The number of carbonyl (C=O) groups is 7. The molecule has 0 aromatic heterocycles. The van der Waals surface area contributed by atoms with Gasteiger partial charge in [-0.15, -0.1) is 0 Å². The molecule has 14 heteroatoms. The Morgan fingerprint density at radius 1 is 0.485 bits per heavy atom. The van der Waals surface area contributed by atoms with E-state index < -0.39 is 71.3 Å². The molecular formula is C19H15O14-7. The lowest BCUT2D eigenvalue weighted by Gasteiger charge is -2.13. The van der Waals surface area contributed by atoms with Crippen molar-refractivity contribution in [3.05, 3.63) is 34.9 Å². The van der Waals surface area contributed by atoms with Gasteiger partial charge in [0.2, 0.25) is 0 Å². The number of rotatable bonds is 11. The number of aliphatic carboxylic acids is 4. The van der Waals surface area contributed by atoms with Crippen LogP contribution in [0.2, 0.25) is 0 Å². The number of unbranched alkanes of at least 4 members (excludes halogenated alkanes) is 1. The van der Waals surface area contributed by atoms with Crippen LogP contribution in [0.5, 0.6) is 0 Å². The third kappa shape index (κ3) is 16.9. The van der Waals surface area contributed by atoms with Gasteiger partial charge in [-0.1, -0.05) is 12.1 Å². The fourth-order valence-electron chi connectivity index (χ4n) is 1.76. The van der Waals surface area contributed by atoms with E-state index in [1.54, 1.807) is 0 Å². The molecule has 0 heterocycles. The molecule has 1 aromatic carbocycles. The van der Waals surface area contributed by atoms with Crippen molar-refractivity contribution in [2.45, 2.75) is 38.5 Å². The van der Waals surface area contributed by atoms with Crippen molar-refractivity contribution in [1.29, 1.82) is 0 Å². The smallest absolute Gasteiger partial charge is 0.0722 e. The minimum Gasteiger partial charge on any atom is -0.550 e. The van der Waals surface area contributed by atoms with Gasteiger partial charge in [-0.25, -0.2) is 0 Å². The second-order valence-electron chi connectivity index (χ2n) is 5.82. The highest BCUT2D eigenvalue weighted by atomic mass is 16.4. The van der Waals surface area contributed by atoms with Gasteiger partial charge in [0.25, 0.3) is 0 Å². The fraction of sp³-hybridized carbons (Fsp3) is 0.316. The molecule has 0 N–H and O–H groups in total. The van der Waals surface area contributed by atoms with Crippen LogP contribution in [0.1, 0.15) is 69.6 Å². The zero-order chi connectivity index (χ0) is 26.1. The molecular weight excluding hydrogens is 452 g/mol. The second kappa shape index (κ2) is 16.2. The third-order valence-electron chi connectivity index (χ3n) is 3.24. The molecule has 0 radical (unpaired) electrons. The summed E-state index contributed by atoms with van der Waals surface area (Å²) in [4.78, 5) is 69.8. The standard InChI is InChI=1S/C9H6O6.C6H10O4.C4H6O4/c10-7(11)4-1-2-5(8(12)13)6(3-4)9(14)15;7-5(8)3-1-2-4-6(9)10;5-3(6)1-2-4(7)8/h1-3H,(H,10,11)(H,12,13)(H,14,15);1-4H2,(H,7,8)(H,9,10);1-2H2,(H,5,6)(H,7,8)/p-7. The number of hydrogen-bond donors (Lipinski definition) is 0. The van der Waals surface area contributed by atoms with Gasteiger partial charge in [0.15, 0.2) is 0 Å². The van der Waals surface area contributed by atoms with Crippen molar-refractivity contribution in [2.24, 2.45) is 0 Å². The first-order valence-electron chi connectivity index (χ1n) is 8.76. The summed E-state index contributed by atoms with van der Waals surface area (Å²) in [6.07, 6.45) is -0.405. The van der Waals surface area contributed by atoms with Gasteiger partial charge in [-0.05, 0) is 50.2 Å². The monoisotopic (exact) mass is 467 g/mol. The predicted octanol–water partition coefficient (Wildman–Crippen LogP) is -7.91. The van der Waals surface area contributed by atoms with Gasteiger partial charge in [-0.2, -0.15) is 0 Å². The lowest BCUT2D eigenvalue weighted by atomic mass is 10.0. The van der Waals surface area contributed by atoms with E-state index in [1.165, 1.54) is 0 Å². The Kier molecular flexibility index (Phi) is 15.1. The van der Waals surface area contributed by atoms with E-state index in [0.717, 1.165) is 12.1 Å². The molecule has 14 nitrogen and oxygen atoms in total. The molecule has 0 bridgehead atoms. The Bertz CT molecular complexity index is 856. The third-order valence-corrected chi connectivity index (χ3v) is 3.24. The molecule has 33 heavy (non-hydrogen) atoms. The van der Waals surface area contributed by atoms with Gasteiger partial charge in [0.1, 0.15) is 0 Å². The molecule has 0 aliphatic rings. The normalized spacial score (nSPS) is 9.21. The summed E-state index contributed by atoms with van der Waals surface area (Å²) in [5.74, 6) is -10.1. The van der Waals surface area contributed by atoms with Gasteiger partial charge >= 0.3 is 0 Å². The van der Waals surface area contributed by atoms with Crippen LogP contribution in [0.4, 0.5) is 0 Å².